The Bertz CT molecular complexity index is 1110. The summed E-state index contributed by atoms with van der Waals surface area (Å²) in [4.78, 5) is 19.4. The van der Waals surface area contributed by atoms with Gasteiger partial charge in [0.05, 0.1) is 4.92 Å². The Morgan fingerprint density at radius 3 is 2.55 bits per heavy atom. The fourth-order valence-corrected chi connectivity index (χ4v) is 2.91. The molecule has 4 aromatic rings. The van der Waals surface area contributed by atoms with Gasteiger partial charge in [-0.1, -0.05) is 35.5 Å². The smallest absolute Gasteiger partial charge is 0.293 e. The molecule has 0 aliphatic heterocycles. The maximum atomic E-state index is 11.6. The normalized spacial score (nSPS) is 10.6. The molecule has 0 bridgehead atoms. The Morgan fingerprint density at radius 1 is 1.00 bits per heavy atom. The van der Waals surface area contributed by atoms with Gasteiger partial charge in [0.2, 0.25) is 5.82 Å². The molecule has 8 heteroatoms. The lowest BCUT2D eigenvalue weighted by molar-refractivity contribution is -0.383. The van der Waals surface area contributed by atoms with Crippen molar-refractivity contribution >= 4 is 11.4 Å². The molecule has 144 valence electrons. The molecule has 29 heavy (non-hydrogen) atoms. The average molecular weight is 387 g/mol. The molecule has 0 radical (unpaired) electrons. The highest BCUT2D eigenvalue weighted by molar-refractivity contribution is 5.70. The van der Waals surface area contributed by atoms with Gasteiger partial charge in [-0.3, -0.25) is 15.1 Å². The van der Waals surface area contributed by atoms with Gasteiger partial charge in [-0.15, -0.1) is 0 Å². The molecule has 0 atom stereocenters. The topological polar surface area (TPSA) is 107 Å². The molecular formula is C21H17N5O3. The van der Waals surface area contributed by atoms with Gasteiger partial charge in [-0.25, -0.2) is 0 Å². The number of nitro groups is 1. The number of nitrogens with zero attached hydrogens (tertiary/aromatic N) is 4. The highest BCUT2D eigenvalue weighted by Gasteiger charge is 2.18. The van der Waals surface area contributed by atoms with Crippen LogP contribution in [0.15, 0.2) is 77.6 Å². The van der Waals surface area contributed by atoms with Crippen molar-refractivity contribution in [1.29, 1.82) is 0 Å². The maximum Gasteiger partial charge on any atom is 0.293 e. The van der Waals surface area contributed by atoms with Gasteiger partial charge in [0, 0.05) is 36.1 Å². The largest absolute Gasteiger partial charge is 0.379 e. The summed E-state index contributed by atoms with van der Waals surface area (Å²) < 4.78 is 5.29. The molecule has 0 unspecified atom stereocenters. The molecule has 0 saturated carbocycles. The van der Waals surface area contributed by atoms with E-state index in [0.29, 0.717) is 23.6 Å². The zero-order chi connectivity index (χ0) is 20.1. The van der Waals surface area contributed by atoms with E-state index in [1.54, 1.807) is 36.7 Å². The van der Waals surface area contributed by atoms with Crippen LogP contribution in [0.3, 0.4) is 0 Å². The lowest BCUT2D eigenvalue weighted by Gasteiger charge is -2.08. The van der Waals surface area contributed by atoms with Crippen molar-refractivity contribution in [1.82, 2.24) is 15.1 Å². The highest BCUT2D eigenvalue weighted by Crippen LogP contribution is 2.31. The summed E-state index contributed by atoms with van der Waals surface area (Å²) in [5.74, 6) is 0.617. The van der Waals surface area contributed by atoms with Crippen molar-refractivity contribution in [2.45, 2.75) is 6.42 Å². The zero-order valence-corrected chi connectivity index (χ0v) is 15.4. The molecule has 0 fully saturated rings. The number of nitrogens with one attached hydrogen (secondary N) is 1. The van der Waals surface area contributed by atoms with Crippen molar-refractivity contribution in [2.24, 2.45) is 0 Å². The van der Waals surface area contributed by atoms with Gasteiger partial charge in [-0.2, -0.15) is 4.98 Å². The van der Waals surface area contributed by atoms with Crippen LogP contribution >= 0.6 is 0 Å². The molecule has 0 aliphatic carbocycles. The van der Waals surface area contributed by atoms with Crippen LogP contribution in [0, 0.1) is 10.1 Å². The van der Waals surface area contributed by atoms with Gasteiger partial charge >= 0.3 is 0 Å². The van der Waals surface area contributed by atoms with Crippen LogP contribution in [-0.4, -0.2) is 26.6 Å². The lowest BCUT2D eigenvalue weighted by Crippen LogP contribution is -2.07. The van der Waals surface area contributed by atoms with Crippen molar-refractivity contribution in [3.63, 3.8) is 0 Å². The highest BCUT2D eigenvalue weighted by atomic mass is 16.6. The van der Waals surface area contributed by atoms with E-state index in [2.05, 4.69) is 20.4 Å². The second-order valence-electron chi connectivity index (χ2n) is 6.31. The van der Waals surface area contributed by atoms with Gasteiger partial charge in [0.25, 0.3) is 11.6 Å². The Morgan fingerprint density at radius 2 is 1.79 bits per heavy atom. The molecule has 2 aromatic carbocycles. The molecular weight excluding hydrogens is 370 g/mol. The van der Waals surface area contributed by atoms with E-state index in [0.717, 1.165) is 17.5 Å². The third kappa shape index (κ3) is 4.27. The van der Waals surface area contributed by atoms with Crippen molar-refractivity contribution in [3.8, 4) is 22.8 Å². The van der Waals surface area contributed by atoms with Gasteiger partial charge in [0.1, 0.15) is 5.69 Å². The summed E-state index contributed by atoms with van der Waals surface area (Å²) in [6.07, 6.45) is 4.02. The van der Waals surface area contributed by atoms with E-state index in [9.17, 15) is 10.1 Å². The van der Waals surface area contributed by atoms with Crippen LogP contribution in [0.1, 0.15) is 5.56 Å². The summed E-state index contributed by atoms with van der Waals surface area (Å²) in [5, 5.41) is 18.6. The third-order valence-corrected chi connectivity index (χ3v) is 4.38. The number of benzene rings is 2. The first-order valence-electron chi connectivity index (χ1n) is 9.01. The van der Waals surface area contributed by atoms with E-state index >= 15 is 0 Å². The average Bonchev–Trinajstić information content (AvgIpc) is 3.25. The standard InChI is InChI=1S/C21H17N5O3/c27-26(28)19-14-17(21-24-20(25-29-21)16-9-11-22-12-10-16)6-7-18(19)23-13-8-15-4-2-1-3-5-15/h1-7,9-12,14,23H,8,13H2. The molecule has 0 saturated heterocycles. The summed E-state index contributed by atoms with van der Waals surface area (Å²) in [7, 11) is 0. The van der Waals surface area contributed by atoms with Crippen molar-refractivity contribution in [2.75, 3.05) is 11.9 Å². The van der Waals surface area contributed by atoms with Crippen molar-refractivity contribution in [3.05, 3.63) is 88.7 Å². The quantitative estimate of drug-likeness (QED) is 0.371. The Balaban J connectivity index is 1.53. The molecule has 2 aromatic heterocycles. The lowest BCUT2D eigenvalue weighted by atomic mass is 10.1. The van der Waals surface area contributed by atoms with Crippen LogP contribution in [0.2, 0.25) is 0 Å². The molecule has 0 aliphatic rings. The molecule has 8 nitrogen and oxygen atoms in total. The SMILES string of the molecule is O=[N+]([O-])c1cc(-c2nc(-c3ccncc3)no2)ccc1NCCc1ccccc1. The van der Waals surface area contributed by atoms with Gasteiger partial charge in [-0.05, 0) is 36.2 Å². The minimum atomic E-state index is -0.422. The minimum absolute atomic E-state index is 0.0424. The van der Waals surface area contributed by atoms with Crippen LogP contribution < -0.4 is 5.32 Å². The molecule has 2 heterocycles. The number of hydrogen-bond acceptors (Lipinski definition) is 7. The van der Waals surface area contributed by atoms with Gasteiger partial charge in [0.15, 0.2) is 0 Å². The Labute approximate surface area is 166 Å². The number of pyridine rings is 1. The second-order valence-corrected chi connectivity index (χ2v) is 6.31. The first-order valence-corrected chi connectivity index (χ1v) is 9.01. The second kappa shape index (κ2) is 8.30. The number of hydrogen-bond donors (Lipinski definition) is 1. The summed E-state index contributed by atoms with van der Waals surface area (Å²) in [6, 6.07) is 18.3. The first-order chi connectivity index (χ1) is 14.2. The molecule has 0 amide bonds. The van der Waals surface area contributed by atoms with Crippen LogP contribution in [-0.2, 0) is 6.42 Å². The summed E-state index contributed by atoms with van der Waals surface area (Å²) in [5.41, 5.74) is 2.80. The fraction of sp³-hybridized carbons (Fsp3) is 0.0952. The van der Waals surface area contributed by atoms with Gasteiger partial charge < -0.3 is 9.84 Å². The zero-order valence-electron chi connectivity index (χ0n) is 15.4. The summed E-state index contributed by atoms with van der Waals surface area (Å²) in [6.45, 7) is 0.580. The van der Waals surface area contributed by atoms with Crippen LogP contribution in [0.4, 0.5) is 11.4 Å². The van der Waals surface area contributed by atoms with Crippen molar-refractivity contribution < 1.29 is 9.45 Å². The van der Waals surface area contributed by atoms with E-state index in [1.165, 1.54) is 6.07 Å². The molecule has 0 spiro atoms. The number of rotatable bonds is 7. The summed E-state index contributed by atoms with van der Waals surface area (Å²) >= 11 is 0. The van der Waals surface area contributed by atoms with E-state index in [4.69, 9.17) is 4.52 Å². The minimum Gasteiger partial charge on any atom is -0.379 e. The monoisotopic (exact) mass is 387 g/mol. The van der Waals surface area contributed by atoms with Crippen LogP contribution in [0.5, 0.6) is 0 Å². The Kier molecular flexibility index (Phi) is 5.24. The van der Waals surface area contributed by atoms with E-state index < -0.39 is 4.92 Å². The molecule has 4 rings (SSSR count). The molecule has 1 N–H and O–H groups in total. The predicted octanol–water partition coefficient (Wildman–Crippen LogP) is 4.36. The van der Waals surface area contributed by atoms with Crippen LogP contribution in [0.25, 0.3) is 22.8 Å². The number of nitro benzene ring substituents is 1. The number of aromatic nitrogens is 3. The first kappa shape index (κ1) is 18.3. The van der Waals surface area contributed by atoms with E-state index in [-0.39, 0.29) is 11.6 Å². The third-order valence-electron chi connectivity index (χ3n) is 4.38. The van der Waals surface area contributed by atoms with E-state index in [1.807, 2.05) is 30.3 Å². The fourth-order valence-electron chi connectivity index (χ4n) is 2.91. The number of anilines is 1. The Hall–Kier alpha value is -4.07. The maximum absolute atomic E-state index is 11.6. The predicted molar refractivity (Wildman–Crippen MR) is 108 cm³/mol.